The highest BCUT2D eigenvalue weighted by molar-refractivity contribution is 5.81. The van der Waals surface area contributed by atoms with Crippen molar-refractivity contribution < 1.29 is 9.53 Å². The molecule has 3 aromatic rings. The number of benzene rings is 2. The molecule has 0 bridgehead atoms. The van der Waals surface area contributed by atoms with E-state index in [1.165, 1.54) is 11.9 Å². The van der Waals surface area contributed by atoms with Gasteiger partial charge in [0.25, 0.3) is 5.91 Å². The van der Waals surface area contributed by atoms with Crippen LogP contribution in [-0.4, -0.2) is 50.2 Å². The van der Waals surface area contributed by atoms with Crippen LogP contribution in [0.4, 0.5) is 0 Å². The zero-order valence-electron chi connectivity index (χ0n) is 16.5. The van der Waals surface area contributed by atoms with E-state index < -0.39 is 6.10 Å². The molecule has 7 nitrogen and oxygen atoms in total. The van der Waals surface area contributed by atoms with Gasteiger partial charge in [-0.05, 0) is 72.4 Å². The number of carbonyl (C=O) groups is 1. The van der Waals surface area contributed by atoms with Crippen molar-refractivity contribution in [2.45, 2.75) is 32.3 Å². The number of carbonyl (C=O) groups excluding carboxylic acids is 1. The number of likely N-dealkylation sites (tertiary alicyclic amines) is 1. The van der Waals surface area contributed by atoms with E-state index in [0.717, 1.165) is 38.0 Å². The summed E-state index contributed by atoms with van der Waals surface area (Å²) < 4.78 is 7.44. The van der Waals surface area contributed by atoms with Gasteiger partial charge < -0.3 is 9.64 Å². The van der Waals surface area contributed by atoms with Crippen molar-refractivity contribution >= 4 is 5.91 Å². The van der Waals surface area contributed by atoms with Gasteiger partial charge in [0.1, 0.15) is 12.1 Å². The monoisotopic (exact) mass is 391 g/mol. The van der Waals surface area contributed by atoms with Crippen LogP contribution in [0.1, 0.15) is 25.3 Å². The first-order valence-electron chi connectivity index (χ1n) is 10.0. The molecule has 1 aromatic heterocycles. The smallest absolute Gasteiger partial charge is 0.263 e. The van der Waals surface area contributed by atoms with Crippen molar-refractivity contribution in [2.75, 3.05) is 13.1 Å². The van der Waals surface area contributed by atoms with Gasteiger partial charge in [-0.1, -0.05) is 30.3 Å². The highest BCUT2D eigenvalue weighted by atomic mass is 16.5. The summed E-state index contributed by atoms with van der Waals surface area (Å²) in [4.78, 5) is 14.7. The molecule has 2 heterocycles. The van der Waals surface area contributed by atoms with Gasteiger partial charge in [-0.3, -0.25) is 4.79 Å². The van der Waals surface area contributed by atoms with Crippen LogP contribution in [0.15, 0.2) is 60.9 Å². The number of ether oxygens (including phenoxy) is 1. The third kappa shape index (κ3) is 4.80. The molecule has 7 heteroatoms. The number of hydrogen-bond acceptors (Lipinski definition) is 5. The zero-order chi connectivity index (χ0) is 20.1. The Morgan fingerprint density at radius 3 is 2.48 bits per heavy atom. The summed E-state index contributed by atoms with van der Waals surface area (Å²) in [5, 5.41) is 11.1. The largest absolute Gasteiger partial charge is 0.481 e. The van der Waals surface area contributed by atoms with Crippen LogP contribution in [-0.2, 0) is 11.2 Å². The SMILES string of the molecule is C[C@@H](Oc1ccc(-n2cnnn2)cc1)C(=O)N1CCC(Cc2ccccc2)CC1. The second kappa shape index (κ2) is 8.86. The van der Waals surface area contributed by atoms with Crippen LogP contribution < -0.4 is 4.74 Å². The quantitative estimate of drug-likeness (QED) is 0.646. The van der Waals surface area contributed by atoms with Crippen molar-refractivity contribution in [3.63, 3.8) is 0 Å². The Hall–Kier alpha value is -3.22. The number of amides is 1. The van der Waals surface area contributed by atoms with Gasteiger partial charge in [0.15, 0.2) is 6.10 Å². The highest BCUT2D eigenvalue weighted by Gasteiger charge is 2.27. The van der Waals surface area contributed by atoms with Crippen LogP contribution >= 0.6 is 0 Å². The molecule has 0 saturated carbocycles. The van der Waals surface area contributed by atoms with Gasteiger partial charge >= 0.3 is 0 Å². The van der Waals surface area contributed by atoms with Crippen molar-refractivity contribution in [1.29, 1.82) is 0 Å². The molecule has 1 atom stereocenters. The molecule has 0 radical (unpaired) electrons. The molecule has 0 aliphatic carbocycles. The molecular weight excluding hydrogens is 366 g/mol. The van der Waals surface area contributed by atoms with Gasteiger partial charge in [0, 0.05) is 13.1 Å². The molecule has 0 unspecified atom stereocenters. The third-order valence-electron chi connectivity index (χ3n) is 5.40. The fourth-order valence-corrected chi connectivity index (χ4v) is 3.77. The third-order valence-corrected chi connectivity index (χ3v) is 5.40. The summed E-state index contributed by atoms with van der Waals surface area (Å²) in [7, 11) is 0. The molecule has 1 saturated heterocycles. The molecule has 2 aromatic carbocycles. The number of piperidine rings is 1. The molecule has 150 valence electrons. The zero-order valence-corrected chi connectivity index (χ0v) is 16.5. The Morgan fingerprint density at radius 2 is 1.83 bits per heavy atom. The second-order valence-corrected chi connectivity index (χ2v) is 7.47. The number of nitrogens with zero attached hydrogens (tertiary/aromatic N) is 5. The summed E-state index contributed by atoms with van der Waals surface area (Å²) in [6.07, 6.45) is 4.17. The normalized spacial score (nSPS) is 15.8. The fraction of sp³-hybridized carbons (Fsp3) is 0.364. The highest BCUT2D eigenvalue weighted by Crippen LogP contribution is 2.23. The van der Waals surface area contributed by atoms with Crippen LogP contribution in [0.3, 0.4) is 0 Å². The molecule has 0 N–H and O–H groups in total. The summed E-state index contributed by atoms with van der Waals surface area (Å²) in [6, 6.07) is 17.9. The van der Waals surface area contributed by atoms with E-state index in [2.05, 4.69) is 39.8 Å². The Balaban J connectivity index is 1.27. The minimum Gasteiger partial charge on any atom is -0.481 e. The number of rotatable bonds is 6. The molecular formula is C22H25N5O2. The standard InChI is InChI=1S/C22H25N5O2/c1-17(29-21-9-7-20(8-10-21)27-16-23-24-25-27)22(28)26-13-11-19(12-14-26)15-18-5-3-2-4-6-18/h2-10,16-17,19H,11-15H2,1H3/t17-/m1/s1. The Morgan fingerprint density at radius 1 is 1.10 bits per heavy atom. The van der Waals surface area contributed by atoms with Gasteiger partial charge in [0.2, 0.25) is 0 Å². The molecule has 4 rings (SSSR count). The minimum absolute atomic E-state index is 0.0488. The summed E-state index contributed by atoms with van der Waals surface area (Å²) >= 11 is 0. The summed E-state index contributed by atoms with van der Waals surface area (Å²) in [6.45, 7) is 3.40. The fourth-order valence-electron chi connectivity index (χ4n) is 3.77. The summed E-state index contributed by atoms with van der Waals surface area (Å²) in [5.41, 5.74) is 2.21. The topological polar surface area (TPSA) is 73.1 Å². The Labute approximate surface area is 170 Å². The van der Waals surface area contributed by atoms with Crippen LogP contribution in [0.2, 0.25) is 0 Å². The summed E-state index contributed by atoms with van der Waals surface area (Å²) in [5.74, 6) is 1.34. The van der Waals surface area contributed by atoms with Gasteiger partial charge in [-0.2, -0.15) is 0 Å². The first-order valence-corrected chi connectivity index (χ1v) is 10.0. The van der Waals surface area contributed by atoms with Gasteiger partial charge in [0.05, 0.1) is 5.69 Å². The molecule has 1 fully saturated rings. The number of hydrogen-bond donors (Lipinski definition) is 0. The lowest BCUT2D eigenvalue weighted by Gasteiger charge is -2.33. The first-order chi connectivity index (χ1) is 14.2. The van der Waals surface area contributed by atoms with E-state index in [1.54, 1.807) is 4.68 Å². The van der Waals surface area contributed by atoms with E-state index >= 15 is 0 Å². The number of tetrazole rings is 1. The van der Waals surface area contributed by atoms with Crippen molar-refractivity contribution in [1.82, 2.24) is 25.1 Å². The number of aromatic nitrogens is 4. The predicted molar refractivity (Wildman–Crippen MR) is 109 cm³/mol. The lowest BCUT2D eigenvalue weighted by molar-refractivity contribution is -0.139. The van der Waals surface area contributed by atoms with E-state index in [0.29, 0.717) is 11.7 Å². The van der Waals surface area contributed by atoms with Gasteiger partial charge in [-0.25, -0.2) is 4.68 Å². The van der Waals surface area contributed by atoms with E-state index in [1.807, 2.05) is 42.2 Å². The second-order valence-electron chi connectivity index (χ2n) is 7.47. The maximum Gasteiger partial charge on any atom is 0.263 e. The average Bonchev–Trinajstić information content (AvgIpc) is 3.30. The maximum atomic E-state index is 12.8. The van der Waals surface area contributed by atoms with Crippen LogP contribution in [0.5, 0.6) is 5.75 Å². The Kier molecular flexibility index (Phi) is 5.84. The minimum atomic E-state index is -0.514. The lowest BCUT2D eigenvalue weighted by Crippen LogP contribution is -2.45. The maximum absolute atomic E-state index is 12.8. The van der Waals surface area contributed by atoms with Crippen molar-refractivity contribution in [2.24, 2.45) is 5.92 Å². The van der Waals surface area contributed by atoms with Gasteiger partial charge in [-0.15, -0.1) is 5.10 Å². The lowest BCUT2D eigenvalue weighted by atomic mass is 9.90. The first kappa shape index (κ1) is 19.1. The average molecular weight is 391 g/mol. The predicted octanol–water partition coefficient (Wildman–Crippen LogP) is 2.91. The molecule has 1 aliphatic rings. The van der Waals surface area contributed by atoms with E-state index in [9.17, 15) is 4.79 Å². The van der Waals surface area contributed by atoms with Crippen molar-refractivity contribution in [3.05, 3.63) is 66.5 Å². The van der Waals surface area contributed by atoms with Crippen LogP contribution in [0.25, 0.3) is 5.69 Å². The molecule has 1 amide bonds. The van der Waals surface area contributed by atoms with Crippen LogP contribution in [0, 0.1) is 5.92 Å². The van der Waals surface area contributed by atoms with Crippen molar-refractivity contribution in [3.8, 4) is 11.4 Å². The van der Waals surface area contributed by atoms with E-state index in [-0.39, 0.29) is 5.91 Å². The van der Waals surface area contributed by atoms with E-state index in [4.69, 9.17) is 4.74 Å². The molecule has 29 heavy (non-hydrogen) atoms. The molecule has 1 aliphatic heterocycles. The Bertz CT molecular complexity index is 904. The molecule has 0 spiro atoms.